The van der Waals surface area contributed by atoms with Crippen molar-refractivity contribution in [1.82, 2.24) is 10.2 Å². The summed E-state index contributed by atoms with van der Waals surface area (Å²) in [5.74, 6) is -0.217. The van der Waals surface area contributed by atoms with Crippen molar-refractivity contribution in [3.05, 3.63) is 35.4 Å². The predicted octanol–water partition coefficient (Wildman–Crippen LogP) is 1.74. The van der Waals surface area contributed by atoms with Crippen LogP contribution in [0.1, 0.15) is 42.1 Å². The molecule has 0 radical (unpaired) electrons. The van der Waals surface area contributed by atoms with Crippen molar-refractivity contribution in [2.24, 2.45) is 0 Å². The van der Waals surface area contributed by atoms with Gasteiger partial charge in [-0.1, -0.05) is 24.6 Å². The standard InChI is InChI=1S/C16H20N2O2/c1-11-5-4-7-13(17-11)10-18-15(19)9-12-6-2-3-8-14(12)16(18)20/h2-3,6,8,11,13,17H,4-5,7,9-10H2,1H3. The van der Waals surface area contributed by atoms with Crippen LogP contribution in [-0.4, -0.2) is 35.3 Å². The van der Waals surface area contributed by atoms with Crippen LogP contribution >= 0.6 is 0 Å². The smallest absolute Gasteiger partial charge is 0.260 e. The zero-order valence-corrected chi connectivity index (χ0v) is 11.8. The number of carbonyl (C=O) groups excluding carboxylic acids is 2. The van der Waals surface area contributed by atoms with Crippen LogP contribution in [-0.2, 0) is 11.2 Å². The van der Waals surface area contributed by atoms with Crippen molar-refractivity contribution in [2.75, 3.05) is 6.54 Å². The van der Waals surface area contributed by atoms with E-state index in [9.17, 15) is 9.59 Å². The van der Waals surface area contributed by atoms with Crippen LogP contribution in [0.15, 0.2) is 24.3 Å². The Hall–Kier alpha value is -1.68. The summed E-state index contributed by atoms with van der Waals surface area (Å²) in [6.45, 7) is 2.65. The first-order valence-corrected chi connectivity index (χ1v) is 7.34. The van der Waals surface area contributed by atoms with Crippen LogP contribution in [0.2, 0.25) is 0 Å². The molecule has 0 bridgehead atoms. The Morgan fingerprint density at radius 1 is 1.25 bits per heavy atom. The molecule has 4 heteroatoms. The SMILES string of the molecule is CC1CCCC(CN2C(=O)Cc3ccccc3C2=O)N1. The number of rotatable bonds is 2. The van der Waals surface area contributed by atoms with Gasteiger partial charge in [0.2, 0.25) is 5.91 Å². The number of nitrogens with zero attached hydrogens (tertiary/aromatic N) is 1. The molecule has 0 aliphatic carbocycles. The van der Waals surface area contributed by atoms with Crippen molar-refractivity contribution in [1.29, 1.82) is 0 Å². The first-order valence-electron chi connectivity index (χ1n) is 7.34. The van der Waals surface area contributed by atoms with Gasteiger partial charge in [0.05, 0.1) is 6.42 Å². The highest BCUT2D eigenvalue weighted by Crippen LogP contribution is 2.21. The minimum Gasteiger partial charge on any atom is -0.310 e. The number of fused-ring (bicyclic) bond motifs is 1. The molecule has 2 atom stereocenters. The second-order valence-electron chi connectivity index (χ2n) is 5.84. The zero-order valence-electron chi connectivity index (χ0n) is 11.8. The van der Waals surface area contributed by atoms with Crippen LogP contribution in [0.3, 0.4) is 0 Å². The number of carbonyl (C=O) groups is 2. The molecule has 2 heterocycles. The summed E-state index contributed by atoms with van der Waals surface area (Å²) in [4.78, 5) is 26.1. The summed E-state index contributed by atoms with van der Waals surface area (Å²) in [7, 11) is 0. The molecular weight excluding hydrogens is 252 g/mol. The van der Waals surface area contributed by atoms with E-state index in [0.29, 0.717) is 24.6 Å². The third-order valence-electron chi connectivity index (χ3n) is 4.25. The van der Waals surface area contributed by atoms with Gasteiger partial charge < -0.3 is 5.32 Å². The van der Waals surface area contributed by atoms with Gasteiger partial charge in [0.25, 0.3) is 5.91 Å². The molecule has 1 N–H and O–H groups in total. The van der Waals surface area contributed by atoms with Crippen LogP contribution in [0.25, 0.3) is 0 Å². The molecule has 2 amide bonds. The maximum Gasteiger partial charge on any atom is 0.260 e. The lowest BCUT2D eigenvalue weighted by Crippen LogP contribution is -2.52. The van der Waals surface area contributed by atoms with Crippen molar-refractivity contribution in [2.45, 2.75) is 44.7 Å². The highest BCUT2D eigenvalue weighted by molar-refractivity contribution is 6.09. The quantitative estimate of drug-likeness (QED) is 0.834. The van der Waals surface area contributed by atoms with Gasteiger partial charge >= 0.3 is 0 Å². The zero-order chi connectivity index (χ0) is 14.1. The molecule has 4 nitrogen and oxygen atoms in total. The minimum atomic E-state index is -0.142. The Morgan fingerprint density at radius 3 is 2.85 bits per heavy atom. The number of benzene rings is 1. The normalized spacial score (nSPS) is 26.6. The second kappa shape index (κ2) is 5.37. The molecule has 1 fully saturated rings. The highest BCUT2D eigenvalue weighted by atomic mass is 16.2. The van der Waals surface area contributed by atoms with E-state index in [1.807, 2.05) is 24.3 Å². The molecule has 1 saturated heterocycles. The van der Waals surface area contributed by atoms with Gasteiger partial charge in [-0.3, -0.25) is 14.5 Å². The lowest BCUT2D eigenvalue weighted by Gasteiger charge is -2.34. The Morgan fingerprint density at radius 2 is 2.05 bits per heavy atom. The first-order chi connectivity index (χ1) is 9.65. The van der Waals surface area contributed by atoms with Gasteiger partial charge in [-0.25, -0.2) is 0 Å². The Bertz CT molecular complexity index is 541. The van der Waals surface area contributed by atoms with Gasteiger partial charge in [-0.2, -0.15) is 0 Å². The monoisotopic (exact) mass is 272 g/mol. The first kappa shape index (κ1) is 13.3. The number of amides is 2. The number of imide groups is 1. The van der Waals surface area contributed by atoms with Crippen LogP contribution in [0.4, 0.5) is 0 Å². The molecule has 2 aliphatic rings. The lowest BCUT2D eigenvalue weighted by atomic mass is 9.95. The third kappa shape index (κ3) is 2.48. The van der Waals surface area contributed by atoms with E-state index in [4.69, 9.17) is 0 Å². The molecule has 20 heavy (non-hydrogen) atoms. The molecule has 0 spiro atoms. The molecule has 106 valence electrons. The Balaban J connectivity index is 1.77. The molecule has 1 aromatic carbocycles. The van der Waals surface area contributed by atoms with E-state index in [2.05, 4.69) is 12.2 Å². The van der Waals surface area contributed by atoms with Gasteiger partial charge in [-0.15, -0.1) is 0 Å². The number of hydrogen-bond donors (Lipinski definition) is 1. The van der Waals surface area contributed by atoms with Gasteiger partial charge in [0, 0.05) is 24.2 Å². The van der Waals surface area contributed by atoms with Crippen LogP contribution in [0, 0.1) is 0 Å². The number of piperidine rings is 1. The van der Waals surface area contributed by atoms with E-state index in [1.165, 1.54) is 11.3 Å². The summed E-state index contributed by atoms with van der Waals surface area (Å²) in [6.07, 6.45) is 3.69. The highest BCUT2D eigenvalue weighted by Gasteiger charge is 2.32. The van der Waals surface area contributed by atoms with E-state index in [-0.39, 0.29) is 17.9 Å². The van der Waals surface area contributed by atoms with Gasteiger partial charge in [0.1, 0.15) is 0 Å². The minimum absolute atomic E-state index is 0.0753. The molecule has 0 saturated carbocycles. The fourth-order valence-corrected chi connectivity index (χ4v) is 3.19. The molecular formula is C16H20N2O2. The van der Waals surface area contributed by atoms with E-state index in [1.54, 1.807) is 0 Å². The predicted molar refractivity (Wildman–Crippen MR) is 76.4 cm³/mol. The van der Waals surface area contributed by atoms with Crippen LogP contribution < -0.4 is 5.32 Å². The molecule has 0 aromatic heterocycles. The van der Waals surface area contributed by atoms with Crippen molar-refractivity contribution in [3.8, 4) is 0 Å². The Labute approximate surface area is 119 Å². The fourth-order valence-electron chi connectivity index (χ4n) is 3.19. The largest absolute Gasteiger partial charge is 0.310 e. The van der Waals surface area contributed by atoms with Gasteiger partial charge in [-0.05, 0) is 31.4 Å². The maximum atomic E-state index is 12.5. The Kier molecular flexibility index (Phi) is 3.57. The fraction of sp³-hybridized carbons (Fsp3) is 0.500. The lowest BCUT2D eigenvalue weighted by molar-refractivity contribution is -0.128. The molecule has 1 aromatic rings. The number of nitrogens with one attached hydrogen (secondary N) is 1. The van der Waals surface area contributed by atoms with Gasteiger partial charge in [0.15, 0.2) is 0 Å². The summed E-state index contributed by atoms with van der Waals surface area (Å²) in [5.41, 5.74) is 1.53. The third-order valence-corrected chi connectivity index (χ3v) is 4.25. The average molecular weight is 272 g/mol. The molecule has 3 rings (SSSR count). The van der Waals surface area contributed by atoms with E-state index >= 15 is 0 Å². The van der Waals surface area contributed by atoms with Crippen molar-refractivity contribution < 1.29 is 9.59 Å². The van der Waals surface area contributed by atoms with E-state index in [0.717, 1.165) is 18.4 Å². The summed E-state index contributed by atoms with van der Waals surface area (Å²) in [5, 5.41) is 3.48. The summed E-state index contributed by atoms with van der Waals surface area (Å²) in [6, 6.07) is 8.11. The summed E-state index contributed by atoms with van der Waals surface area (Å²) >= 11 is 0. The number of hydrogen-bond acceptors (Lipinski definition) is 3. The second-order valence-corrected chi connectivity index (χ2v) is 5.84. The van der Waals surface area contributed by atoms with Crippen molar-refractivity contribution in [3.63, 3.8) is 0 Å². The van der Waals surface area contributed by atoms with Crippen LogP contribution in [0.5, 0.6) is 0 Å². The molecule has 2 unspecified atom stereocenters. The summed E-state index contributed by atoms with van der Waals surface area (Å²) < 4.78 is 0. The van der Waals surface area contributed by atoms with Crippen molar-refractivity contribution >= 4 is 11.8 Å². The maximum absolute atomic E-state index is 12.5. The average Bonchev–Trinajstić information content (AvgIpc) is 2.43. The molecule has 2 aliphatic heterocycles. The van der Waals surface area contributed by atoms with E-state index < -0.39 is 0 Å². The topological polar surface area (TPSA) is 49.4 Å².